The first-order chi connectivity index (χ1) is 8.06. The van der Waals surface area contributed by atoms with Gasteiger partial charge < -0.3 is 15.4 Å². The molecular formula is C10H15BN2O4. The number of benzene rings is 1. The Bertz CT molecular complexity index is 398. The molecule has 0 saturated carbocycles. The van der Waals surface area contributed by atoms with E-state index in [0.29, 0.717) is 12.2 Å². The molecule has 0 aliphatic carbocycles. The van der Waals surface area contributed by atoms with Gasteiger partial charge in [-0.05, 0) is 17.9 Å². The lowest BCUT2D eigenvalue weighted by atomic mass is 9.80. The quantitative estimate of drug-likeness (QED) is 0.290. The van der Waals surface area contributed by atoms with Gasteiger partial charge in [-0.1, -0.05) is 19.4 Å². The molecule has 0 radical (unpaired) electrons. The summed E-state index contributed by atoms with van der Waals surface area (Å²) >= 11 is 0. The van der Waals surface area contributed by atoms with E-state index in [1.165, 1.54) is 18.2 Å². The van der Waals surface area contributed by atoms with Gasteiger partial charge in [0, 0.05) is 12.6 Å². The Morgan fingerprint density at radius 1 is 1.47 bits per heavy atom. The summed E-state index contributed by atoms with van der Waals surface area (Å²) < 4.78 is 0. The van der Waals surface area contributed by atoms with Crippen LogP contribution < -0.4 is 10.8 Å². The molecule has 17 heavy (non-hydrogen) atoms. The first-order valence-electron chi connectivity index (χ1n) is 5.44. The van der Waals surface area contributed by atoms with Gasteiger partial charge in [0.2, 0.25) is 0 Å². The summed E-state index contributed by atoms with van der Waals surface area (Å²) in [7, 11) is -1.70. The molecule has 0 aliphatic heterocycles. The second-order valence-corrected chi connectivity index (χ2v) is 3.69. The van der Waals surface area contributed by atoms with Crippen LogP contribution in [0.2, 0.25) is 0 Å². The predicted molar refractivity (Wildman–Crippen MR) is 66.3 cm³/mol. The minimum absolute atomic E-state index is 0.109. The lowest BCUT2D eigenvalue weighted by molar-refractivity contribution is -0.383. The fourth-order valence-corrected chi connectivity index (χ4v) is 1.41. The topological polar surface area (TPSA) is 95.6 Å². The van der Waals surface area contributed by atoms with Crippen LogP contribution in [0.5, 0.6) is 0 Å². The van der Waals surface area contributed by atoms with Crippen molar-refractivity contribution >= 4 is 24.0 Å². The zero-order chi connectivity index (χ0) is 12.8. The molecule has 3 N–H and O–H groups in total. The molecule has 6 nitrogen and oxygen atoms in total. The second kappa shape index (κ2) is 6.22. The van der Waals surface area contributed by atoms with Crippen LogP contribution >= 0.6 is 0 Å². The summed E-state index contributed by atoms with van der Waals surface area (Å²) in [6.45, 7) is 2.68. The molecule has 0 unspecified atom stereocenters. The third-order valence-corrected chi connectivity index (χ3v) is 2.36. The van der Waals surface area contributed by atoms with Gasteiger partial charge in [0.1, 0.15) is 5.69 Å². The lowest BCUT2D eigenvalue weighted by Gasteiger charge is -2.07. The van der Waals surface area contributed by atoms with E-state index in [1.807, 2.05) is 6.92 Å². The zero-order valence-corrected chi connectivity index (χ0v) is 9.59. The Labute approximate surface area is 99.6 Å². The Kier molecular flexibility index (Phi) is 4.93. The van der Waals surface area contributed by atoms with Crippen LogP contribution in [0.4, 0.5) is 11.4 Å². The Balaban J connectivity index is 2.92. The molecule has 0 heterocycles. The van der Waals surface area contributed by atoms with Crippen molar-refractivity contribution in [1.29, 1.82) is 0 Å². The van der Waals surface area contributed by atoms with E-state index >= 15 is 0 Å². The molecule has 0 fully saturated rings. The van der Waals surface area contributed by atoms with Gasteiger partial charge in [0.15, 0.2) is 0 Å². The maximum atomic E-state index is 10.8. The minimum atomic E-state index is -1.70. The number of hydrogen-bond donors (Lipinski definition) is 3. The van der Waals surface area contributed by atoms with Crippen molar-refractivity contribution in [2.24, 2.45) is 0 Å². The van der Waals surface area contributed by atoms with E-state index < -0.39 is 12.0 Å². The fourth-order valence-electron chi connectivity index (χ4n) is 1.41. The maximum Gasteiger partial charge on any atom is 0.488 e. The fraction of sp³-hybridized carbons (Fsp3) is 0.400. The lowest BCUT2D eigenvalue weighted by Crippen LogP contribution is -2.30. The number of nitro groups is 1. The van der Waals surface area contributed by atoms with Gasteiger partial charge in [-0.3, -0.25) is 10.1 Å². The molecule has 7 heteroatoms. The molecule has 0 bridgehead atoms. The van der Waals surface area contributed by atoms with Crippen molar-refractivity contribution < 1.29 is 15.0 Å². The van der Waals surface area contributed by atoms with E-state index in [9.17, 15) is 10.1 Å². The van der Waals surface area contributed by atoms with Crippen molar-refractivity contribution in [2.45, 2.75) is 19.8 Å². The Hall–Kier alpha value is -1.60. The van der Waals surface area contributed by atoms with E-state index in [-0.39, 0.29) is 11.2 Å². The van der Waals surface area contributed by atoms with Crippen molar-refractivity contribution in [2.75, 3.05) is 11.9 Å². The van der Waals surface area contributed by atoms with E-state index in [2.05, 4.69) is 5.32 Å². The number of unbranched alkanes of at least 4 members (excludes halogenated alkanes) is 1. The van der Waals surface area contributed by atoms with Crippen molar-refractivity contribution in [3.8, 4) is 0 Å². The highest BCUT2D eigenvalue weighted by molar-refractivity contribution is 6.58. The van der Waals surface area contributed by atoms with Crippen LogP contribution in [0.3, 0.4) is 0 Å². The average Bonchev–Trinajstić information content (AvgIpc) is 2.29. The molecule has 1 aromatic rings. The van der Waals surface area contributed by atoms with Crippen LogP contribution in [0.1, 0.15) is 19.8 Å². The highest BCUT2D eigenvalue weighted by atomic mass is 16.6. The molecule has 0 aromatic heterocycles. The van der Waals surface area contributed by atoms with Crippen LogP contribution in [0.25, 0.3) is 0 Å². The third kappa shape index (κ3) is 3.72. The molecular weight excluding hydrogens is 223 g/mol. The minimum Gasteiger partial charge on any atom is -0.423 e. The smallest absolute Gasteiger partial charge is 0.423 e. The highest BCUT2D eigenvalue weighted by Gasteiger charge is 2.19. The van der Waals surface area contributed by atoms with E-state index in [0.717, 1.165) is 12.8 Å². The van der Waals surface area contributed by atoms with Crippen molar-refractivity contribution in [3.05, 3.63) is 28.3 Å². The molecule has 0 aliphatic rings. The van der Waals surface area contributed by atoms with Crippen LogP contribution in [-0.4, -0.2) is 28.6 Å². The van der Waals surface area contributed by atoms with E-state index in [4.69, 9.17) is 10.0 Å². The summed E-state index contributed by atoms with van der Waals surface area (Å²) in [5.41, 5.74) is 0.359. The van der Waals surface area contributed by atoms with Crippen molar-refractivity contribution in [1.82, 2.24) is 0 Å². The first-order valence-corrected chi connectivity index (χ1v) is 5.44. The van der Waals surface area contributed by atoms with Gasteiger partial charge in [0.25, 0.3) is 5.69 Å². The number of hydrogen-bond acceptors (Lipinski definition) is 5. The molecule has 0 atom stereocenters. The number of rotatable bonds is 6. The third-order valence-electron chi connectivity index (χ3n) is 2.36. The molecule has 92 valence electrons. The first kappa shape index (κ1) is 13.5. The van der Waals surface area contributed by atoms with Gasteiger partial charge in [-0.15, -0.1) is 0 Å². The maximum absolute atomic E-state index is 10.8. The standard InChI is InChI=1S/C10H15BN2O4/c1-2-3-6-12-9-5-4-8(11(14)15)7-10(9)13(16)17/h4-5,7,12,14-15H,2-3,6H2,1H3. The SMILES string of the molecule is CCCCNc1ccc(B(O)O)cc1[N+](=O)[O-]. The van der Waals surface area contributed by atoms with Crippen molar-refractivity contribution in [3.63, 3.8) is 0 Å². The summed E-state index contributed by atoms with van der Waals surface area (Å²) in [6.07, 6.45) is 1.91. The average molecular weight is 238 g/mol. The zero-order valence-electron chi connectivity index (χ0n) is 9.59. The van der Waals surface area contributed by atoms with Gasteiger partial charge in [0.05, 0.1) is 4.92 Å². The Morgan fingerprint density at radius 2 is 2.18 bits per heavy atom. The van der Waals surface area contributed by atoms with Crippen LogP contribution in [0.15, 0.2) is 18.2 Å². The molecule has 0 spiro atoms. The highest BCUT2D eigenvalue weighted by Crippen LogP contribution is 2.22. The van der Waals surface area contributed by atoms with E-state index in [1.54, 1.807) is 0 Å². The number of nitro benzene ring substituents is 1. The molecule has 0 saturated heterocycles. The van der Waals surface area contributed by atoms with Gasteiger partial charge >= 0.3 is 7.12 Å². The van der Waals surface area contributed by atoms with Crippen LogP contribution in [-0.2, 0) is 0 Å². The summed E-state index contributed by atoms with van der Waals surface area (Å²) in [6, 6.07) is 4.10. The summed E-state index contributed by atoms with van der Waals surface area (Å²) in [5.74, 6) is 0. The largest absolute Gasteiger partial charge is 0.488 e. The molecule has 1 aromatic carbocycles. The van der Waals surface area contributed by atoms with Gasteiger partial charge in [-0.25, -0.2) is 0 Å². The van der Waals surface area contributed by atoms with Gasteiger partial charge in [-0.2, -0.15) is 0 Å². The molecule has 0 amide bonds. The van der Waals surface area contributed by atoms with Crippen LogP contribution in [0, 0.1) is 10.1 Å². The second-order valence-electron chi connectivity index (χ2n) is 3.69. The number of anilines is 1. The Morgan fingerprint density at radius 3 is 2.71 bits per heavy atom. The number of nitrogens with one attached hydrogen (secondary N) is 1. The predicted octanol–water partition coefficient (Wildman–Crippen LogP) is 0.487. The monoisotopic (exact) mass is 238 g/mol. The normalized spacial score (nSPS) is 10.1. The summed E-state index contributed by atoms with van der Waals surface area (Å²) in [5, 5.41) is 31.7. The summed E-state index contributed by atoms with van der Waals surface area (Å²) in [4.78, 5) is 10.3. The molecule has 1 rings (SSSR count). The number of nitrogens with zero attached hydrogens (tertiary/aromatic N) is 1.